The molecule has 1 heterocycles. The Morgan fingerprint density at radius 3 is 2.41 bits per heavy atom. The molecule has 2 N–H and O–H groups in total. The van der Waals surface area contributed by atoms with Gasteiger partial charge >= 0.3 is 5.97 Å². The lowest BCUT2D eigenvalue weighted by atomic mass is 10.1. The molecule has 1 aromatic heterocycles. The lowest BCUT2D eigenvalue weighted by Crippen LogP contribution is -2.14. The zero-order valence-corrected chi connectivity index (χ0v) is 16.5. The van der Waals surface area contributed by atoms with Gasteiger partial charge in [-0.25, -0.2) is 4.39 Å². The first-order valence-corrected chi connectivity index (χ1v) is 9.15. The van der Waals surface area contributed by atoms with Crippen LogP contribution in [-0.4, -0.2) is 26.8 Å². The minimum Gasteiger partial charge on any atom is -0.481 e. The highest BCUT2D eigenvalue weighted by Crippen LogP contribution is 2.18. The van der Waals surface area contributed by atoms with Gasteiger partial charge < -0.3 is 10.4 Å². The lowest BCUT2D eigenvalue weighted by Gasteiger charge is -2.09. The van der Waals surface area contributed by atoms with E-state index in [-0.39, 0.29) is 12.0 Å². The predicted molar refractivity (Wildman–Crippen MR) is 108 cm³/mol. The number of aryl methyl sites for hydroxylation is 2. The number of carbonyl (C=O) groups excluding carboxylic acids is 1. The lowest BCUT2D eigenvalue weighted by molar-refractivity contribution is -0.136. The SMILES string of the molecule is Cc1ccc(C(=O)Nc2ccc(Cn3nc(C)c(CC(=O)O)c3C)cc2)c(F)c1. The summed E-state index contributed by atoms with van der Waals surface area (Å²) < 4.78 is 15.7. The summed E-state index contributed by atoms with van der Waals surface area (Å²) in [4.78, 5) is 23.3. The van der Waals surface area contributed by atoms with E-state index in [9.17, 15) is 14.0 Å². The number of carboxylic acids is 1. The van der Waals surface area contributed by atoms with Gasteiger partial charge in [0, 0.05) is 16.9 Å². The van der Waals surface area contributed by atoms with Crippen molar-refractivity contribution in [2.24, 2.45) is 0 Å². The molecule has 0 atom stereocenters. The quantitative estimate of drug-likeness (QED) is 0.664. The summed E-state index contributed by atoms with van der Waals surface area (Å²) in [6, 6.07) is 11.6. The molecule has 3 aromatic rings. The van der Waals surface area contributed by atoms with E-state index in [2.05, 4.69) is 10.4 Å². The van der Waals surface area contributed by atoms with Gasteiger partial charge in [0.1, 0.15) is 5.82 Å². The van der Waals surface area contributed by atoms with E-state index in [4.69, 9.17) is 5.11 Å². The molecule has 0 fully saturated rings. The molecule has 7 heteroatoms. The first kappa shape index (κ1) is 20.3. The molecular formula is C22H22FN3O3. The van der Waals surface area contributed by atoms with Crippen LogP contribution >= 0.6 is 0 Å². The third-order valence-electron chi connectivity index (χ3n) is 4.77. The highest BCUT2D eigenvalue weighted by Gasteiger charge is 2.15. The Labute approximate surface area is 168 Å². The number of aliphatic carboxylic acids is 1. The van der Waals surface area contributed by atoms with Crippen molar-refractivity contribution in [2.45, 2.75) is 33.7 Å². The molecule has 6 nitrogen and oxygen atoms in total. The van der Waals surface area contributed by atoms with Gasteiger partial charge in [0.2, 0.25) is 0 Å². The molecule has 0 saturated carbocycles. The van der Waals surface area contributed by atoms with Crippen molar-refractivity contribution in [3.63, 3.8) is 0 Å². The van der Waals surface area contributed by atoms with Crippen LogP contribution < -0.4 is 5.32 Å². The first-order valence-electron chi connectivity index (χ1n) is 9.15. The van der Waals surface area contributed by atoms with Gasteiger partial charge in [-0.15, -0.1) is 0 Å². The summed E-state index contributed by atoms with van der Waals surface area (Å²) in [5.41, 5.74) is 4.48. The van der Waals surface area contributed by atoms with Gasteiger partial charge in [-0.05, 0) is 56.2 Å². The fourth-order valence-corrected chi connectivity index (χ4v) is 3.16. The van der Waals surface area contributed by atoms with Crippen LogP contribution in [0.1, 0.15) is 38.4 Å². The van der Waals surface area contributed by atoms with Crippen molar-refractivity contribution in [2.75, 3.05) is 5.32 Å². The van der Waals surface area contributed by atoms with Crippen LogP contribution in [0.3, 0.4) is 0 Å². The number of carbonyl (C=O) groups is 2. The number of halogens is 1. The molecule has 0 aliphatic rings. The second kappa shape index (κ2) is 8.26. The fraction of sp³-hybridized carbons (Fsp3) is 0.227. The summed E-state index contributed by atoms with van der Waals surface area (Å²) >= 11 is 0. The van der Waals surface area contributed by atoms with Crippen LogP contribution in [0, 0.1) is 26.6 Å². The maximum Gasteiger partial charge on any atom is 0.307 e. The third kappa shape index (κ3) is 4.68. The van der Waals surface area contributed by atoms with Gasteiger partial charge in [0.25, 0.3) is 5.91 Å². The highest BCUT2D eigenvalue weighted by atomic mass is 19.1. The number of benzene rings is 2. The summed E-state index contributed by atoms with van der Waals surface area (Å²) in [6.45, 7) is 5.89. The Hall–Kier alpha value is -3.48. The van der Waals surface area contributed by atoms with Crippen LogP contribution in [0.4, 0.5) is 10.1 Å². The van der Waals surface area contributed by atoms with E-state index in [0.717, 1.165) is 22.4 Å². The summed E-state index contributed by atoms with van der Waals surface area (Å²) in [6.07, 6.45) is -0.0573. The number of hydrogen-bond donors (Lipinski definition) is 2. The molecule has 0 bridgehead atoms. The Morgan fingerprint density at radius 2 is 1.79 bits per heavy atom. The number of carboxylic acid groups (broad SMARTS) is 1. The van der Waals surface area contributed by atoms with E-state index >= 15 is 0 Å². The molecule has 0 saturated heterocycles. The maximum absolute atomic E-state index is 14.0. The second-order valence-electron chi connectivity index (χ2n) is 7.01. The molecule has 1 amide bonds. The normalized spacial score (nSPS) is 10.8. The van der Waals surface area contributed by atoms with Crippen LogP contribution in [-0.2, 0) is 17.8 Å². The van der Waals surface area contributed by atoms with Crippen LogP contribution in [0.5, 0.6) is 0 Å². The van der Waals surface area contributed by atoms with Gasteiger partial charge in [0.05, 0.1) is 24.2 Å². The molecule has 0 unspecified atom stereocenters. The Balaban J connectivity index is 1.71. The monoisotopic (exact) mass is 395 g/mol. The Morgan fingerprint density at radius 1 is 1.10 bits per heavy atom. The highest BCUT2D eigenvalue weighted by molar-refractivity contribution is 6.04. The minimum atomic E-state index is -0.888. The van der Waals surface area contributed by atoms with E-state index in [1.165, 1.54) is 12.1 Å². The Bertz CT molecular complexity index is 1070. The van der Waals surface area contributed by atoms with Crippen molar-refractivity contribution in [3.05, 3.63) is 81.9 Å². The molecule has 0 radical (unpaired) electrons. The molecule has 2 aromatic carbocycles. The number of rotatable bonds is 6. The van der Waals surface area contributed by atoms with E-state index in [1.807, 2.05) is 19.1 Å². The van der Waals surface area contributed by atoms with E-state index in [0.29, 0.717) is 17.9 Å². The number of amides is 1. The molecule has 3 rings (SSSR count). The third-order valence-corrected chi connectivity index (χ3v) is 4.77. The van der Waals surface area contributed by atoms with Gasteiger partial charge in [-0.1, -0.05) is 18.2 Å². The maximum atomic E-state index is 14.0. The second-order valence-corrected chi connectivity index (χ2v) is 7.01. The number of nitrogens with one attached hydrogen (secondary N) is 1. The number of aromatic nitrogens is 2. The average molecular weight is 395 g/mol. The average Bonchev–Trinajstić information content (AvgIpc) is 2.90. The van der Waals surface area contributed by atoms with Gasteiger partial charge in [0.15, 0.2) is 0 Å². The zero-order chi connectivity index (χ0) is 21.1. The minimum absolute atomic E-state index is 0.00622. The number of nitrogens with zero attached hydrogens (tertiary/aromatic N) is 2. The zero-order valence-electron chi connectivity index (χ0n) is 16.5. The van der Waals surface area contributed by atoms with Gasteiger partial charge in [-0.2, -0.15) is 5.10 Å². The van der Waals surface area contributed by atoms with Crippen LogP contribution in [0.25, 0.3) is 0 Å². The Kier molecular flexibility index (Phi) is 5.77. The molecule has 0 aliphatic heterocycles. The van der Waals surface area contributed by atoms with Gasteiger partial charge in [-0.3, -0.25) is 14.3 Å². The van der Waals surface area contributed by atoms with Crippen molar-refractivity contribution in [3.8, 4) is 0 Å². The predicted octanol–water partition coefficient (Wildman–Crippen LogP) is 3.88. The molecule has 0 spiro atoms. The van der Waals surface area contributed by atoms with E-state index in [1.54, 1.807) is 36.7 Å². The topological polar surface area (TPSA) is 84.2 Å². The van der Waals surface area contributed by atoms with Crippen molar-refractivity contribution < 1.29 is 19.1 Å². The molecule has 150 valence electrons. The molecule has 0 aliphatic carbocycles. The van der Waals surface area contributed by atoms with Crippen LogP contribution in [0.2, 0.25) is 0 Å². The number of anilines is 1. The van der Waals surface area contributed by atoms with E-state index < -0.39 is 17.7 Å². The summed E-state index contributed by atoms with van der Waals surface area (Å²) in [5, 5.41) is 16.2. The number of hydrogen-bond acceptors (Lipinski definition) is 3. The van der Waals surface area contributed by atoms with Crippen molar-refractivity contribution >= 4 is 17.6 Å². The smallest absolute Gasteiger partial charge is 0.307 e. The fourth-order valence-electron chi connectivity index (χ4n) is 3.16. The largest absolute Gasteiger partial charge is 0.481 e. The summed E-state index contributed by atoms with van der Waals surface area (Å²) in [5.74, 6) is -1.95. The standard InChI is InChI=1S/C22H22FN3O3/c1-13-4-9-18(20(23)10-13)22(29)24-17-7-5-16(6-8-17)12-26-15(3)19(11-21(27)28)14(2)25-26/h4-10H,11-12H2,1-3H3,(H,24,29)(H,27,28). The van der Waals surface area contributed by atoms with Crippen molar-refractivity contribution in [1.29, 1.82) is 0 Å². The summed E-state index contributed by atoms with van der Waals surface area (Å²) in [7, 11) is 0. The van der Waals surface area contributed by atoms with Crippen molar-refractivity contribution in [1.82, 2.24) is 9.78 Å². The van der Waals surface area contributed by atoms with Crippen LogP contribution in [0.15, 0.2) is 42.5 Å². The molecule has 29 heavy (non-hydrogen) atoms. The molecular weight excluding hydrogens is 373 g/mol. The first-order chi connectivity index (χ1) is 13.7.